The fourth-order valence-electron chi connectivity index (χ4n) is 1.93. The third-order valence-corrected chi connectivity index (χ3v) is 3.78. The predicted octanol–water partition coefficient (Wildman–Crippen LogP) is 5.77. The molecule has 0 atom stereocenters. The molecule has 0 bridgehead atoms. The van der Waals surface area contributed by atoms with Gasteiger partial charge >= 0.3 is 0 Å². The van der Waals surface area contributed by atoms with Gasteiger partial charge in [0.05, 0.1) is 10.7 Å². The SMILES string of the molecule is CC(C)c1ccc(/C=C\C(=O)Nc2cc(Cl)ccc2Cl)cc1. The highest BCUT2D eigenvalue weighted by Gasteiger charge is 2.04. The molecule has 4 heteroatoms. The zero-order valence-electron chi connectivity index (χ0n) is 12.4. The molecule has 0 saturated heterocycles. The van der Waals surface area contributed by atoms with Gasteiger partial charge in [-0.3, -0.25) is 4.79 Å². The monoisotopic (exact) mass is 333 g/mol. The Bertz CT molecular complexity index is 691. The van der Waals surface area contributed by atoms with E-state index < -0.39 is 0 Å². The molecular formula is C18H17Cl2NO. The van der Waals surface area contributed by atoms with Gasteiger partial charge in [0.1, 0.15) is 0 Å². The molecule has 0 spiro atoms. The van der Waals surface area contributed by atoms with Crippen molar-refractivity contribution in [2.24, 2.45) is 0 Å². The van der Waals surface area contributed by atoms with Crippen LogP contribution in [0, 0.1) is 0 Å². The van der Waals surface area contributed by atoms with Crippen LogP contribution in [-0.2, 0) is 4.79 Å². The molecule has 1 N–H and O–H groups in total. The van der Waals surface area contributed by atoms with Gasteiger partial charge in [-0.05, 0) is 41.3 Å². The minimum atomic E-state index is -0.253. The molecule has 1 amide bonds. The molecule has 0 aliphatic heterocycles. The van der Waals surface area contributed by atoms with Gasteiger partial charge in [-0.2, -0.15) is 0 Å². The van der Waals surface area contributed by atoms with Crippen LogP contribution >= 0.6 is 23.2 Å². The molecule has 0 fully saturated rings. The number of rotatable bonds is 4. The molecule has 0 unspecified atom stereocenters. The van der Waals surface area contributed by atoms with Gasteiger partial charge in [0.2, 0.25) is 5.91 Å². The Morgan fingerprint density at radius 1 is 1.09 bits per heavy atom. The van der Waals surface area contributed by atoms with Crippen molar-refractivity contribution in [3.63, 3.8) is 0 Å². The molecule has 0 saturated carbocycles. The highest BCUT2D eigenvalue weighted by Crippen LogP contribution is 2.25. The van der Waals surface area contributed by atoms with Crippen LogP contribution in [0.2, 0.25) is 10.0 Å². The van der Waals surface area contributed by atoms with Crippen LogP contribution in [0.15, 0.2) is 48.5 Å². The molecule has 2 nitrogen and oxygen atoms in total. The van der Waals surface area contributed by atoms with E-state index in [-0.39, 0.29) is 5.91 Å². The Balaban J connectivity index is 2.03. The third-order valence-electron chi connectivity index (χ3n) is 3.22. The second-order valence-electron chi connectivity index (χ2n) is 5.27. The summed E-state index contributed by atoms with van der Waals surface area (Å²) >= 11 is 11.9. The third kappa shape index (κ3) is 4.62. The number of nitrogens with one attached hydrogen (secondary N) is 1. The summed E-state index contributed by atoms with van der Waals surface area (Å²) in [6, 6.07) is 13.1. The van der Waals surface area contributed by atoms with E-state index in [1.165, 1.54) is 11.6 Å². The summed E-state index contributed by atoms with van der Waals surface area (Å²) in [4.78, 5) is 11.9. The maximum absolute atomic E-state index is 11.9. The Hall–Kier alpha value is -1.77. The van der Waals surface area contributed by atoms with E-state index >= 15 is 0 Å². The van der Waals surface area contributed by atoms with Crippen molar-refractivity contribution in [3.8, 4) is 0 Å². The van der Waals surface area contributed by atoms with Gasteiger partial charge in [0.15, 0.2) is 0 Å². The Morgan fingerprint density at radius 2 is 1.77 bits per heavy atom. The molecule has 0 aromatic heterocycles. The summed E-state index contributed by atoms with van der Waals surface area (Å²) in [6.45, 7) is 4.29. The van der Waals surface area contributed by atoms with Crippen molar-refractivity contribution < 1.29 is 4.79 Å². The van der Waals surface area contributed by atoms with Crippen LogP contribution < -0.4 is 5.32 Å². The summed E-state index contributed by atoms with van der Waals surface area (Å²) in [5.74, 6) is 0.239. The minimum absolute atomic E-state index is 0.253. The quantitative estimate of drug-likeness (QED) is 0.707. The number of hydrogen-bond acceptors (Lipinski definition) is 1. The molecule has 2 aromatic carbocycles. The molecule has 2 rings (SSSR count). The van der Waals surface area contributed by atoms with Crippen LogP contribution in [0.4, 0.5) is 5.69 Å². The van der Waals surface area contributed by atoms with E-state index in [0.717, 1.165) is 5.56 Å². The molecule has 22 heavy (non-hydrogen) atoms. The van der Waals surface area contributed by atoms with Crippen molar-refractivity contribution >= 4 is 40.9 Å². The number of carbonyl (C=O) groups excluding carboxylic acids is 1. The molecular weight excluding hydrogens is 317 g/mol. The number of amides is 1. The lowest BCUT2D eigenvalue weighted by molar-refractivity contribution is -0.111. The molecule has 0 radical (unpaired) electrons. The smallest absolute Gasteiger partial charge is 0.248 e. The first-order valence-corrected chi connectivity index (χ1v) is 7.75. The second kappa shape index (κ2) is 7.48. The summed E-state index contributed by atoms with van der Waals surface area (Å²) in [5.41, 5.74) is 2.74. The van der Waals surface area contributed by atoms with Gasteiger partial charge in [-0.1, -0.05) is 61.3 Å². The standard InChI is InChI=1S/C18H17Cl2NO/c1-12(2)14-6-3-13(4-7-14)5-10-18(22)21-17-11-15(19)8-9-16(17)20/h3-12H,1-2H3,(H,21,22)/b10-5-. The van der Waals surface area contributed by atoms with E-state index in [1.807, 2.05) is 12.1 Å². The van der Waals surface area contributed by atoms with Crippen molar-refractivity contribution in [3.05, 3.63) is 69.7 Å². The normalized spacial score (nSPS) is 11.1. The number of hydrogen-bond donors (Lipinski definition) is 1. The zero-order chi connectivity index (χ0) is 16.1. The van der Waals surface area contributed by atoms with E-state index in [2.05, 4.69) is 31.3 Å². The number of carbonyl (C=O) groups is 1. The lowest BCUT2D eigenvalue weighted by atomic mass is 10.0. The van der Waals surface area contributed by atoms with Crippen LogP contribution in [0.25, 0.3) is 6.08 Å². The van der Waals surface area contributed by atoms with Crippen molar-refractivity contribution in [2.75, 3.05) is 5.32 Å². The van der Waals surface area contributed by atoms with Crippen LogP contribution in [0.3, 0.4) is 0 Å². The largest absolute Gasteiger partial charge is 0.321 e. The summed E-state index contributed by atoms with van der Waals surface area (Å²) in [6.07, 6.45) is 3.24. The summed E-state index contributed by atoms with van der Waals surface area (Å²) in [7, 11) is 0. The first-order valence-electron chi connectivity index (χ1n) is 7.00. The lowest BCUT2D eigenvalue weighted by Crippen LogP contribution is -2.08. The van der Waals surface area contributed by atoms with Gasteiger partial charge in [-0.15, -0.1) is 0 Å². The highest BCUT2D eigenvalue weighted by atomic mass is 35.5. The minimum Gasteiger partial charge on any atom is -0.321 e. The summed E-state index contributed by atoms with van der Waals surface area (Å²) in [5, 5.41) is 3.68. The van der Waals surface area contributed by atoms with Crippen molar-refractivity contribution in [1.29, 1.82) is 0 Å². The fourth-order valence-corrected chi connectivity index (χ4v) is 2.27. The summed E-state index contributed by atoms with van der Waals surface area (Å²) < 4.78 is 0. The number of benzene rings is 2. The molecule has 2 aromatic rings. The average Bonchev–Trinajstić information content (AvgIpc) is 2.49. The fraction of sp³-hybridized carbons (Fsp3) is 0.167. The van der Waals surface area contributed by atoms with E-state index in [1.54, 1.807) is 24.3 Å². The number of halogens is 2. The van der Waals surface area contributed by atoms with Crippen molar-refractivity contribution in [2.45, 2.75) is 19.8 Å². The van der Waals surface area contributed by atoms with Gasteiger partial charge in [-0.25, -0.2) is 0 Å². The Labute approximate surface area is 140 Å². The van der Waals surface area contributed by atoms with Gasteiger partial charge < -0.3 is 5.32 Å². The lowest BCUT2D eigenvalue weighted by Gasteiger charge is -2.06. The average molecular weight is 334 g/mol. The molecule has 114 valence electrons. The maximum atomic E-state index is 11.9. The Kier molecular flexibility index (Phi) is 5.64. The van der Waals surface area contributed by atoms with E-state index in [0.29, 0.717) is 21.7 Å². The molecule has 0 aliphatic carbocycles. The second-order valence-corrected chi connectivity index (χ2v) is 6.11. The highest BCUT2D eigenvalue weighted by molar-refractivity contribution is 6.35. The van der Waals surface area contributed by atoms with Crippen LogP contribution in [-0.4, -0.2) is 5.91 Å². The molecule has 0 heterocycles. The topological polar surface area (TPSA) is 29.1 Å². The van der Waals surface area contributed by atoms with Gasteiger partial charge in [0.25, 0.3) is 0 Å². The van der Waals surface area contributed by atoms with Crippen LogP contribution in [0.1, 0.15) is 30.9 Å². The first-order chi connectivity index (χ1) is 10.5. The van der Waals surface area contributed by atoms with Crippen LogP contribution in [0.5, 0.6) is 0 Å². The zero-order valence-corrected chi connectivity index (χ0v) is 13.9. The Morgan fingerprint density at radius 3 is 2.41 bits per heavy atom. The molecule has 0 aliphatic rings. The van der Waals surface area contributed by atoms with E-state index in [9.17, 15) is 4.79 Å². The number of anilines is 1. The maximum Gasteiger partial charge on any atom is 0.248 e. The van der Waals surface area contributed by atoms with E-state index in [4.69, 9.17) is 23.2 Å². The predicted molar refractivity (Wildman–Crippen MR) is 94.7 cm³/mol. The van der Waals surface area contributed by atoms with Crippen molar-refractivity contribution in [1.82, 2.24) is 0 Å². The first kappa shape index (κ1) is 16.6. The van der Waals surface area contributed by atoms with Gasteiger partial charge in [0, 0.05) is 11.1 Å².